The summed E-state index contributed by atoms with van der Waals surface area (Å²) >= 11 is 0. The minimum absolute atomic E-state index is 0.529. The standard InChI is InChI=1S/C54H40N4/c1-35-32-48(36(2)55-34-35)41-24-22-38(23-25-41)39-26-29-44(30-27-39)54(43-16-8-5-9-17-43)50-21-13-12-19-46(50)49-33-42(28-31-51(49)54)52-56-37(3)57-53(58-52)47-20-11-10-18-45(47)40-14-6-4-7-15-40/h4-34H,1-3H3. The summed E-state index contributed by atoms with van der Waals surface area (Å²) in [6.07, 6.45) is 1.93. The SMILES string of the molecule is Cc1cnc(C)c(-c2ccc(-c3ccc(C4(c5ccccc5)c5ccccc5-c5cc(-c6nc(C)nc(-c7ccccc7-c7ccccc7)n6)ccc54)cc3)cc2)c1. The van der Waals surface area contributed by atoms with Crippen molar-refractivity contribution in [3.8, 4) is 67.3 Å². The molecule has 0 saturated carbocycles. The highest BCUT2D eigenvalue weighted by atomic mass is 15.0. The molecule has 2 heterocycles. The largest absolute Gasteiger partial charge is 0.261 e. The van der Waals surface area contributed by atoms with Gasteiger partial charge in [-0.25, -0.2) is 15.0 Å². The van der Waals surface area contributed by atoms with E-state index in [1.807, 2.05) is 25.3 Å². The monoisotopic (exact) mass is 744 g/mol. The van der Waals surface area contributed by atoms with Gasteiger partial charge in [-0.15, -0.1) is 0 Å². The van der Waals surface area contributed by atoms with Gasteiger partial charge in [-0.05, 0) is 99.7 Å². The number of pyridine rings is 1. The van der Waals surface area contributed by atoms with Crippen molar-refractivity contribution in [3.63, 3.8) is 0 Å². The van der Waals surface area contributed by atoms with Crippen LogP contribution in [0.4, 0.5) is 0 Å². The zero-order chi connectivity index (χ0) is 39.2. The van der Waals surface area contributed by atoms with Crippen LogP contribution in [0.2, 0.25) is 0 Å². The van der Waals surface area contributed by atoms with E-state index < -0.39 is 5.41 Å². The van der Waals surface area contributed by atoms with Crippen LogP contribution in [0.5, 0.6) is 0 Å². The molecule has 0 aliphatic heterocycles. The van der Waals surface area contributed by atoms with Crippen LogP contribution in [0.1, 0.15) is 39.3 Å². The second-order valence-electron chi connectivity index (χ2n) is 15.2. The lowest BCUT2D eigenvalue weighted by Crippen LogP contribution is -2.28. The van der Waals surface area contributed by atoms with Gasteiger partial charge in [0.25, 0.3) is 0 Å². The molecule has 4 heteroatoms. The van der Waals surface area contributed by atoms with Crippen molar-refractivity contribution in [2.75, 3.05) is 0 Å². The Morgan fingerprint density at radius 2 is 0.897 bits per heavy atom. The van der Waals surface area contributed by atoms with Crippen molar-refractivity contribution < 1.29 is 0 Å². The first-order valence-electron chi connectivity index (χ1n) is 19.8. The first-order valence-corrected chi connectivity index (χ1v) is 19.8. The van der Waals surface area contributed by atoms with Gasteiger partial charge < -0.3 is 0 Å². The zero-order valence-corrected chi connectivity index (χ0v) is 32.7. The molecule has 7 aromatic carbocycles. The van der Waals surface area contributed by atoms with Crippen molar-refractivity contribution >= 4 is 0 Å². The van der Waals surface area contributed by atoms with E-state index in [9.17, 15) is 0 Å². The normalized spacial score (nSPS) is 14.2. The first-order chi connectivity index (χ1) is 28.5. The van der Waals surface area contributed by atoms with Gasteiger partial charge in [0.2, 0.25) is 0 Å². The Hall–Kier alpha value is -7.30. The molecule has 0 amide bonds. The Morgan fingerprint density at radius 1 is 0.362 bits per heavy atom. The minimum atomic E-state index is -0.529. The van der Waals surface area contributed by atoms with E-state index in [1.54, 1.807) is 0 Å². The third kappa shape index (κ3) is 5.93. The van der Waals surface area contributed by atoms with E-state index in [0.717, 1.165) is 33.5 Å². The van der Waals surface area contributed by atoms with E-state index in [4.69, 9.17) is 15.0 Å². The average molecular weight is 745 g/mol. The maximum absolute atomic E-state index is 5.14. The lowest BCUT2D eigenvalue weighted by Gasteiger charge is -2.34. The van der Waals surface area contributed by atoms with Crippen LogP contribution in [-0.2, 0) is 5.41 Å². The minimum Gasteiger partial charge on any atom is -0.261 e. The van der Waals surface area contributed by atoms with Crippen molar-refractivity contribution in [1.82, 2.24) is 19.9 Å². The predicted molar refractivity (Wildman–Crippen MR) is 236 cm³/mol. The number of benzene rings is 7. The fourth-order valence-corrected chi connectivity index (χ4v) is 8.86. The Balaban J connectivity index is 1.08. The molecule has 276 valence electrons. The molecule has 58 heavy (non-hydrogen) atoms. The lowest BCUT2D eigenvalue weighted by atomic mass is 9.67. The maximum Gasteiger partial charge on any atom is 0.164 e. The van der Waals surface area contributed by atoms with E-state index >= 15 is 0 Å². The number of fused-ring (bicyclic) bond motifs is 3. The molecule has 0 fully saturated rings. The highest BCUT2D eigenvalue weighted by molar-refractivity contribution is 5.89. The highest BCUT2D eigenvalue weighted by Crippen LogP contribution is 2.56. The summed E-state index contributed by atoms with van der Waals surface area (Å²) in [6, 6.07) is 65.5. The summed E-state index contributed by atoms with van der Waals surface area (Å²) < 4.78 is 0. The van der Waals surface area contributed by atoms with Crippen molar-refractivity contribution in [1.29, 1.82) is 0 Å². The summed E-state index contributed by atoms with van der Waals surface area (Å²) in [5, 5.41) is 0. The molecule has 0 radical (unpaired) electrons. The molecular formula is C54H40N4. The van der Waals surface area contributed by atoms with Crippen molar-refractivity contribution in [3.05, 3.63) is 228 Å². The molecule has 0 spiro atoms. The Bertz CT molecular complexity index is 2960. The van der Waals surface area contributed by atoms with E-state index in [0.29, 0.717) is 17.5 Å². The van der Waals surface area contributed by atoms with Gasteiger partial charge >= 0.3 is 0 Å². The molecule has 1 aliphatic rings. The summed E-state index contributed by atoms with van der Waals surface area (Å²) in [4.78, 5) is 19.5. The smallest absolute Gasteiger partial charge is 0.164 e. The summed E-state index contributed by atoms with van der Waals surface area (Å²) in [7, 11) is 0. The molecule has 0 N–H and O–H groups in total. The summed E-state index contributed by atoms with van der Waals surface area (Å²) in [6.45, 7) is 6.11. The Labute approximate surface area is 339 Å². The summed E-state index contributed by atoms with van der Waals surface area (Å²) in [5.41, 5.74) is 17.9. The van der Waals surface area contributed by atoms with E-state index in [2.05, 4.69) is 189 Å². The quantitative estimate of drug-likeness (QED) is 0.163. The van der Waals surface area contributed by atoms with Crippen LogP contribution in [0.3, 0.4) is 0 Å². The number of nitrogens with zero attached hydrogens (tertiary/aromatic N) is 4. The third-order valence-electron chi connectivity index (χ3n) is 11.6. The van der Waals surface area contributed by atoms with Gasteiger partial charge in [-0.3, -0.25) is 4.98 Å². The molecule has 0 saturated heterocycles. The fourth-order valence-electron chi connectivity index (χ4n) is 8.86. The van der Waals surface area contributed by atoms with Crippen LogP contribution in [0.15, 0.2) is 188 Å². The number of rotatable bonds is 7. The zero-order valence-electron chi connectivity index (χ0n) is 32.7. The van der Waals surface area contributed by atoms with Gasteiger partial charge in [-0.2, -0.15) is 0 Å². The maximum atomic E-state index is 5.14. The fraction of sp³-hybridized carbons (Fsp3) is 0.0741. The summed E-state index contributed by atoms with van der Waals surface area (Å²) in [5.74, 6) is 2.00. The number of aryl methyl sites for hydroxylation is 3. The second kappa shape index (κ2) is 14.3. The molecule has 10 rings (SSSR count). The average Bonchev–Trinajstić information content (AvgIpc) is 3.58. The van der Waals surface area contributed by atoms with Crippen LogP contribution >= 0.6 is 0 Å². The van der Waals surface area contributed by atoms with Crippen LogP contribution in [-0.4, -0.2) is 19.9 Å². The van der Waals surface area contributed by atoms with Crippen molar-refractivity contribution in [2.24, 2.45) is 0 Å². The van der Waals surface area contributed by atoms with Gasteiger partial charge in [0.15, 0.2) is 11.6 Å². The number of aromatic nitrogens is 4. The van der Waals surface area contributed by atoms with Gasteiger partial charge in [-0.1, -0.05) is 170 Å². The molecule has 0 bridgehead atoms. The lowest BCUT2D eigenvalue weighted by molar-refractivity contribution is 0.768. The number of hydrogen-bond donors (Lipinski definition) is 0. The third-order valence-corrected chi connectivity index (χ3v) is 11.6. The first kappa shape index (κ1) is 35.1. The predicted octanol–water partition coefficient (Wildman–Crippen LogP) is 12.9. The Kier molecular flexibility index (Phi) is 8.68. The molecule has 4 nitrogen and oxygen atoms in total. The van der Waals surface area contributed by atoms with Gasteiger partial charge in [0.1, 0.15) is 5.82 Å². The van der Waals surface area contributed by atoms with E-state index in [1.165, 1.54) is 55.6 Å². The topological polar surface area (TPSA) is 51.6 Å². The molecular weight excluding hydrogens is 705 g/mol. The van der Waals surface area contributed by atoms with Gasteiger partial charge in [0, 0.05) is 28.6 Å². The number of hydrogen-bond acceptors (Lipinski definition) is 4. The van der Waals surface area contributed by atoms with Crippen LogP contribution in [0.25, 0.3) is 67.3 Å². The van der Waals surface area contributed by atoms with Crippen LogP contribution < -0.4 is 0 Å². The Morgan fingerprint density at radius 3 is 1.64 bits per heavy atom. The van der Waals surface area contributed by atoms with Crippen molar-refractivity contribution in [2.45, 2.75) is 26.2 Å². The molecule has 1 atom stereocenters. The molecule has 9 aromatic rings. The molecule has 1 unspecified atom stereocenters. The second-order valence-corrected chi connectivity index (χ2v) is 15.2. The molecule has 2 aromatic heterocycles. The van der Waals surface area contributed by atoms with Crippen LogP contribution in [0, 0.1) is 20.8 Å². The molecule has 1 aliphatic carbocycles. The highest BCUT2D eigenvalue weighted by Gasteiger charge is 2.46. The van der Waals surface area contributed by atoms with Gasteiger partial charge in [0.05, 0.1) is 5.41 Å². The van der Waals surface area contributed by atoms with E-state index in [-0.39, 0.29) is 0 Å².